The monoisotopic (exact) mass is 205 g/mol. The van der Waals surface area contributed by atoms with Gasteiger partial charge in [-0.15, -0.1) is 0 Å². The average Bonchev–Trinajstić information content (AvgIpc) is 2.56. The molecule has 0 radical (unpaired) electrons. The van der Waals surface area contributed by atoms with Crippen molar-refractivity contribution in [3.05, 3.63) is 24.4 Å². The second-order valence-corrected chi connectivity index (χ2v) is 3.18. The average molecular weight is 205 g/mol. The summed E-state index contributed by atoms with van der Waals surface area (Å²) in [5.41, 5.74) is 12.1. The summed E-state index contributed by atoms with van der Waals surface area (Å²) in [7, 11) is 1.56. The highest BCUT2D eigenvalue weighted by Crippen LogP contribution is 2.26. The first-order valence-corrected chi connectivity index (χ1v) is 4.38. The number of fused-ring (bicyclic) bond motifs is 1. The van der Waals surface area contributed by atoms with Crippen LogP contribution in [-0.2, 0) is 0 Å². The first kappa shape index (κ1) is 9.39. The molecule has 2 rings (SSSR count). The number of aromatic nitrogens is 1. The van der Waals surface area contributed by atoms with Gasteiger partial charge in [-0.3, -0.25) is 4.57 Å². The Hall–Kier alpha value is -2.17. The number of nitrogens with zero attached hydrogens (tertiary/aromatic N) is 1. The van der Waals surface area contributed by atoms with Crippen molar-refractivity contribution < 1.29 is 9.53 Å². The number of nitrogens with two attached hydrogens (primary N) is 2. The second kappa shape index (κ2) is 3.20. The van der Waals surface area contributed by atoms with Crippen LogP contribution in [0.3, 0.4) is 0 Å². The van der Waals surface area contributed by atoms with E-state index in [4.69, 9.17) is 16.2 Å². The minimum atomic E-state index is -0.565. The summed E-state index contributed by atoms with van der Waals surface area (Å²) in [5, 5.41) is 0.787. The molecular weight excluding hydrogens is 194 g/mol. The molecule has 4 N–H and O–H groups in total. The molecule has 0 spiro atoms. The molecule has 5 heteroatoms. The number of amides is 1. The summed E-state index contributed by atoms with van der Waals surface area (Å²) in [4.78, 5) is 11.1. The van der Waals surface area contributed by atoms with Crippen molar-refractivity contribution >= 4 is 22.6 Å². The van der Waals surface area contributed by atoms with E-state index in [1.54, 1.807) is 25.3 Å². The molecule has 78 valence electrons. The van der Waals surface area contributed by atoms with Crippen molar-refractivity contribution in [2.24, 2.45) is 5.73 Å². The Labute approximate surface area is 86.2 Å². The maximum atomic E-state index is 11.1. The van der Waals surface area contributed by atoms with Crippen LogP contribution in [-0.4, -0.2) is 17.7 Å². The van der Waals surface area contributed by atoms with Crippen LogP contribution in [0.2, 0.25) is 0 Å². The van der Waals surface area contributed by atoms with Crippen LogP contribution in [0, 0.1) is 0 Å². The number of ether oxygens (including phenoxy) is 1. The van der Waals surface area contributed by atoms with Crippen molar-refractivity contribution in [1.82, 2.24) is 4.57 Å². The number of rotatable bonds is 1. The molecule has 1 heterocycles. The van der Waals surface area contributed by atoms with Crippen LogP contribution < -0.4 is 16.2 Å². The second-order valence-electron chi connectivity index (χ2n) is 3.18. The summed E-state index contributed by atoms with van der Waals surface area (Å²) in [6.07, 6.45) is 1.51. The standard InChI is InChI=1S/C10H11N3O2/c1-15-6-2-3-7-8(11)5-13(10(12)14)9(7)4-6/h2-5H,11H2,1H3,(H2,12,14). The van der Waals surface area contributed by atoms with E-state index in [1.165, 1.54) is 10.8 Å². The summed E-state index contributed by atoms with van der Waals surface area (Å²) in [6.45, 7) is 0. The highest BCUT2D eigenvalue weighted by atomic mass is 16.5. The van der Waals surface area contributed by atoms with Crippen molar-refractivity contribution in [2.75, 3.05) is 12.8 Å². The van der Waals surface area contributed by atoms with E-state index in [9.17, 15) is 4.79 Å². The lowest BCUT2D eigenvalue weighted by molar-refractivity contribution is 0.251. The van der Waals surface area contributed by atoms with Gasteiger partial charge in [0.05, 0.1) is 18.3 Å². The number of carbonyl (C=O) groups is 1. The number of methoxy groups -OCH3 is 1. The number of carbonyl (C=O) groups excluding carboxylic acids is 1. The summed E-state index contributed by atoms with van der Waals surface area (Å²) in [6, 6.07) is 4.73. The first-order valence-electron chi connectivity index (χ1n) is 4.38. The highest BCUT2D eigenvalue weighted by molar-refractivity contribution is 5.99. The Balaban J connectivity index is 2.77. The molecule has 0 saturated carbocycles. The minimum Gasteiger partial charge on any atom is -0.497 e. The molecule has 0 unspecified atom stereocenters. The fourth-order valence-electron chi connectivity index (χ4n) is 1.54. The van der Waals surface area contributed by atoms with E-state index in [-0.39, 0.29) is 0 Å². The summed E-state index contributed by atoms with van der Waals surface area (Å²) in [5.74, 6) is 0.656. The van der Waals surface area contributed by atoms with Gasteiger partial charge in [0.2, 0.25) is 0 Å². The van der Waals surface area contributed by atoms with Crippen LogP contribution in [0.1, 0.15) is 0 Å². The zero-order valence-electron chi connectivity index (χ0n) is 8.23. The van der Waals surface area contributed by atoms with Gasteiger partial charge in [-0.25, -0.2) is 4.79 Å². The lowest BCUT2D eigenvalue weighted by Crippen LogP contribution is -2.18. The number of anilines is 1. The molecule has 1 aromatic heterocycles. The molecule has 0 aliphatic carbocycles. The van der Waals surface area contributed by atoms with Crippen LogP contribution in [0.4, 0.5) is 10.5 Å². The SMILES string of the molecule is COc1ccc2c(N)cn(C(N)=O)c2c1. The zero-order chi connectivity index (χ0) is 11.0. The fraction of sp³-hybridized carbons (Fsp3) is 0.100. The molecular formula is C10H11N3O2. The molecule has 0 saturated heterocycles. The molecule has 2 aromatic rings. The number of benzene rings is 1. The Bertz CT molecular complexity index is 531. The van der Waals surface area contributed by atoms with E-state index in [1.807, 2.05) is 0 Å². The topological polar surface area (TPSA) is 83.3 Å². The predicted octanol–water partition coefficient (Wildman–Crippen LogP) is 1.16. The van der Waals surface area contributed by atoms with Gasteiger partial charge in [0.25, 0.3) is 0 Å². The summed E-state index contributed by atoms with van der Waals surface area (Å²) >= 11 is 0. The van der Waals surface area contributed by atoms with Gasteiger partial charge in [0.1, 0.15) is 5.75 Å². The third-order valence-corrected chi connectivity index (χ3v) is 2.28. The molecule has 0 aliphatic heterocycles. The van der Waals surface area contributed by atoms with E-state index >= 15 is 0 Å². The van der Waals surface area contributed by atoms with Gasteiger partial charge in [-0.1, -0.05) is 0 Å². The molecule has 1 aromatic carbocycles. The van der Waals surface area contributed by atoms with E-state index in [0.717, 1.165) is 5.39 Å². The Morgan fingerprint density at radius 3 is 2.80 bits per heavy atom. The molecule has 0 aliphatic rings. The molecule has 1 amide bonds. The number of primary amides is 1. The largest absolute Gasteiger partial charge is 0.497 e. The van der Waals surface area contributed by atoms with Gasteiger partial charge < -0.3 is 16.2 Å². The van der Waals surface area contributed by atoms with Gasteiger partial charge in [0.15, 0.2) is 0 Å². The van der Waals surface area contributed by atoms with Gasteiger partial charge in [-0.2, -0.15) is 0 Å². The van der Waals surface area contributed by atoms with Crippen LogP contribution in [0.15, 0.2) is 24.4 Å². The van der Waals surface area contributed by atoms with Gasteiger partial charge in [-0.05, 0) is 12.1 Å². The molecule has 0 fully saturated rings. The lowest BCUT2D eigenvalue weighted by atomic mass is 10.2. The van der Waals surface area contributed by atoms with E-state index in [2.05, 4.69) is 0 Å². The Kier molecular flexibility index (Phi) is 2.00. The van der Waals surface area contributed by atoms with Crippen LogP contribution in [0.25, 0.3) is 10.9 Å². The smallest absolute Gasteiger partial charge is 0.323 e. The highest BCUT2D eigenvalue weighted by Gasteiger charge is 2.09. The Morgan fingerprint density at radius 2 is 2.20 bits per heavy atom. The maximum absolute atomic E-state index is 11.1. The fourth-order valence-corrected chi connectivity index (χ4v) is 1.54. The van der Waals surface area contributed by atoms with E-state index in [0.29, 0.717) is 17.0 Å². The van der Waals surface area contributed by atoms with Crippen molar-refractivity contribution in [1.29, 1.82) is 0 Å². The summed E-state index contributed by atoms with van der Waals surface area (Å²) < 4.78 is 6.36. The zero-order valence-corrected chi connectivity index (χ0v) is 8.23. The molecule has 15 heavy (non-hydrogen) atoms. The first-order chi connectivity index (χ1) is 7.13. The van der Waals surface area contributed by atoms with Crippen LogP contribution in [0.5, 0.6) is 5.75 Å². The predicted molar refractivity (Wildman–Crippen MR) is 57.9 cm³/mol. The lowest BCUT2D eigenvalue weighted by Gasteiger charge is -2.01. The van der Waals surface area contributed by atoms with Crippen molar-refractivity contribution in [3.8, 4) is 5.75 Å². The number of nitrogen functional groups attached to an aromatic ring is 1. The Morgan fingerprint density at radius 1 is 1.47 bits per heavy atom. The minimum absolute atomic E-state index is 0.520. The molecule has 0 atom stereocenters. The third kappa shape index (κ3) is 1.38. The maximum Gasteiger partial charge on any atom is 0.323 e. The van der Waals surface area contributed by atoms with Crippen LogP contribution >= 0.6 is 0 Å². The number of hydrogen-bond donors (Lipinski definition) is 2. The van der Waals surface area contributed by atoms with Crippen molar-refractivity contribution in [2.45, 2.75) is 0 Å². The molecule has 5 nitrogen and oxygen atoms in total. The molecule has 0 bridgehead atoms. The number of hydrogen-bond acceptors (Lipinski definition) is 3. The quantitative estimate of drug-likeness (QED) is 0.732. The van der Waals surface area contributed by atoms with Crippen molar-refractivity contribution in [3.63, 3.8) is 0 Å². The normalized spacial score (nSPS) is 10.5. The van der Waals surface area contributed by atoms with Gasteiger partial charge in [0, 0.05) is 17.6 Å². The van der Waals surface area contributed by atoms with E-state index < -0.39 is 6.03 Å². The van der Waals surface area contributed by atoms with Gasteiger partial charge >= 0.3 is 6.03 Å². The third-order valence-electron chi connectivity index (χ3n) is 2.28.